The Bertz CT molecular complexity index is 1730. The molecule has 1 amide bonds. The smallest absolute Gasteiger partial charge is 0.276 e. The monoisotopic (exact) mass is 534 g/mol. The van der Waals surface area contributed by atoms with Crippen LogP contribution in [0.5, 0.6) is 5.75 Å². The molecule has 200 valence electrons. The van der Waals surface area contributed by atoms with Gasteiger partial charge < -0.3 is 15.7 Å². The number of aromatic nitrogens is 6. The zero-order valence-corrected chi connectivity index (χ0v) is 21.7. The first-order valence-electron chi connectivity index (χ1n) is 12.9. The standard InChI is InChI=1S/C29H26N8O3/c1-17(38)24-25(18-8-12-36(13-9-18)29(40)26-23(39)5-3-11-32-26)35-28-21(16-34-37(28)27(24)30)19-6-7-22(33-15-19)20-4-2-10-31-14-20/h2-7,10-11,14-16,18,39H,8-9,12-13,30H2,1H3. The number of piperidine rings is 1. The fraction of sp³-hybridized carbons (Fsp3) is 0.207. The van der Waals surface area contributed by atoms with E-state index in [1.807, 2.05) is 24.3 Å². The third-order valence-electron chi connectivity index (χ3n) is 7.25. The predicted molar refractivity (Wildman–Crippen MR) is 148 cm³/mol. The van der Waals surface area contributed by atoms with Crippen LogP contribution in [0.15, 0.2) is 67.4 Å². The van der Waals surface area contributed by atoms with Crippen LogP contribution in [0.1, 0.15) is 52.2 Å². The molecule has 0 aromatic carbocycles. The van der Waals surface area contributed by atoms with Gasteiger partial charge in [0.1, 0.15) is 11.6 Å². The molecular formula is C29H26N8O3. The topological polar surface area (TPSA) is 152 Å². The van der Waals surface area contributed by atoms with Gasteiger partial charge in [-0.3, -0.25) is 19.6 Å². The lowest BCUT2D eigenvalue weighted by Crippen LogP contribution is -2.38. The van der Waals surface area contributed by atoms with Crippen LogP contribution in [0.25, 0.3) is 28.0 Å². The highest BCUT2D eigenvalue weighted by atomic mass is 16.3. The van der Waals surface area contributed by atoms with Crippen LogP contribution in [-0.2, 0) is 0 Å². The van der Waals surface area contributed by atoms with Gasteiger partial charge in [0.15, 0.2) is 17.1 Å². The molecule has 3 N–H and O–H groups in total. The summed E-state index contributed by atoms with van der Waals surface area (Å²) in [6, 6.07) is 10.7. The minimum Gasteiger partial charge on any atom is -0.505 e. The third kappa shape index (κ3) is 4.41. The number of ketones is 1. The molecule has 1 aliphatic rings. The van der Waals surface area contributed by atoms with Crippen molar-refractivity contribution in [1.82, 2.24) is 34.4 Å². The minimum atomic E-state index is -0.327. The van der Waals surface area contributed by atoms with Crippen LogP contribution in [-0.4, -0.2) is 64.3 Å². The average Bonchev–Trinajstić information content (AvgIpc) is 3.42. The summed E-state index contributed by atoms with van der Waals surface area (Å²) < 4.78 is 1.49. The first-order valence-corrected chi connectivity index (χ1v) is 12.9. The Morgan fingerprint density at radius 1 is 0.975 bits per heavy atom. The van der Waals surface area contributed by atoms with Crippen LogP contribution in [0, 0.1) is 0 Å². The van der Waals surface area contributed by atoms with E-state index >= 15 is 0 Å². The normalized spacial score (nSPS) is 14.0. The number of aromatic hydroxyl groups is 1. The van der Waals surface area contributed by atoms with Gasteiger partial charge in [0.2, 0.25) is 0 Å². The second kappa shape index (κ2) is 10.2. The van der Waals surface area contributed by atoms with E-state index in [4.69, 9.17) is 10.7 Å². The van der Waals surface area contributed by atoms with Crippen molar-refractivity contribution in [2.24, 2.45) is 0 Å². The molecule has 0 atom stereocenters. The Morgan fingerprint density at radius 2 is 1.77 bits per heavy atom. The number of fused-ring (bicyclic) bond motifs is 1. The van der Waals surface area contributed by atoms with Crippen molar-refractivity contribution in [1.29, 1.82) is 0 Å². The molecule has 5 aromatic rings. The van der Waals surface area contributed by atoms with E-state index in [2.05, 4.69) is 20.1 Å². The van der Waals surface area contributed by atoms with Crippen molar-refractivity contribution in [2.45, 2.75) is 25.7 Å². The summed E-state index contributed by atoms with van der Waals surface area (Å²) in [5.41, 5.74) is 11.3. The number of anilines is 1. The Balaban J connectivity index is 1.32. The number of nitrogens with two attached hydrogens (primary N) is 1. The number of hydrogen-bond donors (Lipinski definition) is 2. The van der Waals surface area contributed by atoms with Crippen LogP contribution in [0.3, 0.4) is 0 Å². The molecule has 1 saturated heterocycles. The highest BCUT2D eigenvalue weighted by molar-refractivity contribution is 6.00. The van der Waals surface area contributed by atoms with Crippen molar-refractivity contribution >= 4 is 23.2 Å². The molecule has 40 heavy (non-hydrogen) atoms. The molecule has 1 aliphatic heterocycles. The third-order valence-corrected chi connectivity index (χ3v) is 7.25. The lowest BCUT2D eigenvalue weighted by molar-refractivity contribution is 0.0701. The summed E-state index contributed by atoms with van der Waals surface area (Å²) in [6.45, 7) is 2.32. The van der Waals surface area contributed by atoms with Crippen molar-refractivity contribution < 1.29 is 14.7 Å². The molecule has 11 heteroatoms. The van der Waals surface area contributed by atoms with Crippen molar-refractivity contribution in [2.75, 3.05) is 18.8 Å². The largest absolute Gasteiger partial charge is 0.505 e. The first kappa shape index (κ1) is 25.1. The lowest BCUT2D eigenvalue weighted by atomic mass is 9.89. The zero-order chi connectivity index (χ0) is 27.8. The summed E-state index contributed by atoms with van der Waals surface area (Å²) in [5, 5.41) is 14.5. The number of hydrogen-bond acceptors (Lipinski definition) is 9. The maximum Gasteiger partial charge on any atom is 0.276 e. The summed E-state index contributed by atoms with van der Waals surface area (Å²) in [5.74, 6) is -0.536. The van der Waals surface area contributed by atoms with E-state index in [0.717, 1.165) is 22.4 Å². The minimum absolute atomic E-state index is 0.0289. The van der Waals surface area contributed by atoms with E-state index in [0.29, 0.717) is 42.8 Å². The van der Waals surface area contributed by atoms with E-state index in [-0.39, 0.29) is 34.9 Å². The quantitative estimate of drug-likeness (QED) is 0.321. The number of pyridine rings is 3. The molecule has 0 bridgehead atoms. The van der Waals surface area contributed by atoms with E-state index < -0.39 is 0 Å². The molecule has 0 radical (unpaired) electrons. The number of rotatable bonds is 5. The highest BCUT2D eigenvalue weighted by Gasteiger charge is 2.31. The Labute approximate surface area is 229 Å². The molecule has 6 rings (SSSR count). The fourth-order valence-electron chi connectivity index (χ4n) is 5.20. The molecular weight excluding hydrogens is 508 g/mol. The highest BCUT2D eigenvalue weighted by Crippen LogP contribution is 2.35. The summed E-state index contributed by atoms with van der Waals surface area (Å²) in [6.07, 6.45) is 9.53. The van der Waals surface area contributed by atoms with Crippen molar-refractivity contribution in [3.05, 3.63) is 84.3 Å². The Morgan fingerprint density at radius 3 is 2.45 bits per heavy atom. The molecule has 0 saturated carbocycles. The van der Waals surface area contributed by atoms with E-state index in [9.17, 15) is 14.7 Å². The zero-order valence-electron chi connectivity index (χ0n) is 21.7. The maximum atomic E-state index is 12.9. The second-order valence-electron chi connectivity index (χ2n) is 9.72. The Kier molecular flexibility index (Phi) is 6.39. The van der Waals surface area contributed by atoms with Crippen LogP contribution in [0.4, 0.5) is 5.82 Å². The van der Waals surface area contributed by atoms with Crippen LogP contribution in [0.2, 0.25) is 0 Å². The van der Waals surface area contributed by atoms with Crippen molar-refractivity contribution in [3.8, 4) is 28.1 Å². The van der Waals surface area contributed by atoms with Crippen molar-refractivity contribution in [3.63, 3.8) is 0 Å². The van der Waals surface area contributed by atoms with Gasteiger partial charge in [0, 0.05) is 60.5 Å². The predicted octanol–water partition coefficient (Wildman–Crippen LogP) is 3.76. The molecule has 0 spiro atoms. The van der Waals surface area contributed by atoms with Gasteiger partial charge in [0.05, 0.1) is 23.1 Å². The van der Waals surface area contributed by atoms with Gasteiger partial charge in [0.25, 0.3) is 5.91 Å². The van der Waals surface area contributed by atoms with Crippen LogP contribution >= 0.6 is 0 Å². The van der Waals surface area contributed by atoms with Gasteiger partial charge >= 0.3 is 0 Å². The number of carbonyl (C=O) groups is 2. The van der Waals surface area contributed by atoms with E-state index in [1.165, 1.54) is 23.7 Å². The van der Waals surface area contributed by atoms with Gasteiger partial charge in [-0.1, -0.05) is 6.07 Å². The maximum absolute atomic E-state index is 12.9. The number of carbonyl (C=O) groups excluding carboxylic acids is 2. The molecule has 11 nitrogen and oxygen atoms in total. The first-order chi connectivity index (χ1) is 19.4. The SMILES string of the molecule is CC(=O)c1c(C2CCN(C(=O)c3ncccc3O)CC2)nc2c(-c3ccc(-c4cccnc4)nc3)cnn2c1N. The Hall–Kier alpha value is -5.19. The van der Waals surface area contributed by atoms with Gasteiger partial charge in [-0.25, -0.2) is 9.97 Å². The van der Waals surface area contributed by atoms with Gasteiger partial charge in [-0.2, -0.15) is 9.61 Å². The van der Waals surface area contributed by atoms with Crippen LogP contribution < -0.4 is 5.73 Å². The molecule has 5 aromatic heterocycles. The number of nitrogens with zero attached hydrogens (tertiary/aromatic N) is 7. The number of nitrogen functional groups attached to an aromatic ring is 1. The fourth-order valence-corrected chi connectivity index (χ4v) is 5.20. The summed E-state index contributed by atoms with van der Waals surface area (Å²) in [4.78, 5) is 45.1. The average molecular weight is 535 g/mol. The molecule has 0 aliphatic carbocycles. The lowest BCUT2D eigenvalue weighted by Gasteiger charge is -2.32. The molecule has 6 heterocycles. The summed E-state index contributed by atoms with van der Waals surface area (Å²) in [7, 11) is 0. The second-order valence-corrected chi connectivity index (χ2v) is 9.72. The van der Waals surface area contributed by atoms with Gasteiger partial charge in [-0.05, 0) is 50.1 Å². The molecule has 0 unspecified atom stereocenters. The van der Waals surface area contributed by atoms with E-state index in [1.54, 1.807) is 35.8 Å². The number of amides is 1. The van der Waals surface area contributed by atoms with Gasteiger partial charge in [-0.15, -0.1) is 0 Å². The summed E-state index contributed by atoms with van der Waals surface area (Å²) >= 11 is 0. The molecule has 1 fully saturated rings. The number of Topliss-reactive ketones (excluding diaryl/α,β-unsaturated/α-hetero) is 1. The number of likely N-dealkylation sites (tertiary alicyclic amines) is 1.